The summed E-state index contributed by atoms with van der Waals surface area (Å²) < 4.78 is 13.3. The van der Waals surface area contributed by atoms with Crippen molar-refractivity contribution in [1.29, 1.82) is 0 Å². The molecule has 36 heavy (non-hydrogen) atoms. The van der Waals surface area contributed by atoms with Crippen LogP contribution in [-0.2, 0) is 13.0 Å². The van der Waals surface area contributed by atoms with Crippen molar-refractivity contribution in [2.45, 2.75) is 20.0 Å². The highest BCUT2D eigenvalue weighted by molar-refractivity contribution is 6.06. The molecule has 0 N–H and O–H groups in total. The molecule has 0 spiro atoms. The Morgan fingerprint density at radius 2 is 1.69 bits per heavy atom. The van der Waals surface area contributed by atoms with Crippen LogP contribution in [0.2, 0.25) is 0 Å². The van der Waals surface area contributed by atoms with Gasteiger partial charge in [0.2, 0.25) is 0 Å². The van der Waals surface area contributed by atoms with Crippen LogP contribution in [0.1, 0.15) is 38.9 Å². The van der Waals surface area contributed by atoms with Gasteiger partial charge in [0.25, 0.3) is 11.8 Å². The monoisotopic (exact) mass is 486 g/mol. The summed E-state index contributed by atoms with van der Waals surface area (Å²) in [7, 11) is 6.77. The Morgan fingerprint density at radius 3 is 2.36 bits per heavy atom. The predicted octanol–water partition coefficient (Wildman–Crippen LogP) is 4.46. The van der Waals surface area contributed by atoms with E-state index >= 15 is 0 Å². The van der Waals surface area contributed by atoms with Gasteiger partial charge in [0.05, 0.1) is 12.8 Å². The number of imidazole rings is 1. The molecule has 2 aromatic carbocycles. The zero-order valence-corrected chi connectivity index (χ0v) is 21.2. The van der Waals surface area contributed by atoms with Crippen LogP contribution < -0.4 is 14.4 Å². The molecular weight excluding hydrogens is 456 g/mol. The summed E-state index contributed by atoms with van der Waals surface area (Å²) in [4.78, 5) is 33.4. The van der Waals surface area contributed by atoms with Crippen molar-refractivity contribution >= 4 is 23.3 Å². The molecule has 0 unspecified atom stereocenters. The highest BCUT2D eigenvalue weighted by Gasteiger charge is 2.23. The second-order valence-corrected chi connectivity index (χ2v) is 8.58. The molecule has 0 aliphatic heterocycles. The molecule has 0 atom stereocenters. The van der Waals surface area contributed by atoms with E-state index in [0.29, 0.717) is 47.1 Å². The number of aromatic nitrogens is 2. The minimum absolute atomic E-state index is 0.0446. The summed E-state index contributed by atoms with van der Waals surface area (Å²) in [6.07, 6.45) is 2.52. The Bertz CT molecular complexity index is 1390. The molecule has 0 saturated heterocycles. The van der Waals surface area contributed by atoms with Gasteiger partial charge in [-0.3, -0.25) is 18.9 Å². The van der Waals surface area contributed by atoms with Crippen LogP contribution in [-0.4, -0.2) is 54.4 Å². The second-order valence-electron chi connectivity index (χ2n) is 8.58. The molecule has 0 aliphatic rings. The molecule has 0 bridgehead atoms. The summed E-state index contributed by atoms with van der Waals surface area (Å²) in [5.41, 5.74) is 3.50. The number of pyridine rings is 1. The van der Waals surface area contributed by atoms with Crippen molar-refractivity contribution in [3.05, 3.63) is 89.2 Å². The number of fused-ring (bicyclic) bond motifs is 1. The maximum Gasteiger partial charge on any atom is 0.259 e. The lowest BCUT2D eigenvalue weighted by Gasteiger charge is -2.19. The second kappa shape index (κ2) is 10.5. The highest BCUT2D eigenvalue weighted by atomic mass is 16.5. The van der Waals surface area contributed by atoms with Crippen molar-refractivity contribution in [2.75, 3.05) is 33.2 Å². The first kappa shape index (κ1) is 24.8. The number of benzene rings is 2. The number of hydrogen-bond acceptors (Lipinski definition) is 5. The number of carbonyl (C=O) groups is 2. The van der Waals surface area contributed by atoms with Crippen LogP contribution in [0, 0.1) is 0 Å². The van der Waals surface area contributed by atoms with Crippen LogP contribution in [0.4, 0.5) is 5.82 Å². The van der Waals surface area contributed by atoms with E-state index in [1.54, 1.807) is 74.5 Å². The molecule has 2 heterocycles. The normalized spacial score (nSPS) is 10.8. The Morgan fingerprint density at radius 1 is 0.944 bits per heavy atom. The summed E-state index contributed by atoms with van der Waals surface area (Å²) in [5.74, 6) is 1.71. The molecule has 0 radical (unpaired) electrons. The lowest BCUT2D eigenvalue weighted by atomic mass is 10.1. The predicted molar refractivity (Wildman–Crippen MR) is 139 cm³/mol. The van der Waals surface area contributed by atoms with Gasteiger partial charge in [-0.2, -0.15) is 0 Å². The minimum atomic E-state index is -0.163. The van der Waals surface area contributed by atoms with Gasteiger partial charge in [0.15, 0.2) is 11.4 Å². The highest BCUT2D eigenvalue weighted by Crippen LogP contribution is 2.29. The Hall–Kier alpha value is -4.33. The first-order chi connectivity index (χ1) is 17.3. The van der Waals surface area contributed by atoms with Crippen molar-refractivity contribution in [3.63, 3.8) is 0 Å². The van der Waals surface area contributed by atoms with Crippen molar-refractivity contribution in [3.8, 4) is 11.5 Å². The minimum Gasteiger partial charge on any atom is -0.497 e. The van der Waals surface area contributed by atoms with Crippen LogP contribution >= 0.6 is 0 Å². The zero-order valence-electron chi connectivity index (χ0n) is 21.2. The smallest absolute Gasteiger partial charge is 0.259 e. The van der Waals surface area contributed by atoms with Crippen molar-refractivity contribution in [2.24, 2.45) is 0 Å². The van der Waals surface area contributed by atoms with Crippen LogP contribution in [0.3, 0.4) is 0 Å². The van der Waals surface area contributed by atoms with Gasteiger partial charge >= 0.3 is 0 Å². The number of aryl methyl sites for hydroxylation is 1. The zero-order chi connectivity index (χ0) is 25.8. The lowest BCUT2D eigenvalue weighted by molar-refractivity contribution is 0.0827. The van der Waals surface area contributed by atoms with E-state index in [2.05, 4.69) is 0 Å². The third-order valence-electron chi connectivity index (χ3n) is 5.93. The molecule has 8 nitrogen and oxygen atoms in total. The van der Waals surface area contributed by atoms with Gasteiger partial charge in [-0.15, -0.1) is 0 Å². The maximum atomic E-state index is 13.3. The molecular formula is C28H30N4O4. The van der Waals surface area contributed by atoms with E-state index in [0.717, 1.165) is 11.3 Å². The van der Waals surface area contributed by atoms with E-state index in [1.807, 2.05) is 41.8 Å². The summed E-state index contributed by atoms with van der Waals surface area (Å²) in [6.45, 7) is 2.32. The van der Waals surface area contributed by atoms with Gasteiger partial charge in [-0.1, -0.05) is 25.1 Å². The quantitative estimate of drug-likeness (QED) is 0.368. The van der Waals surface area contributed by atoms with E-state index in [4.69, 9.17) is 14.5 Å². The van der Waals surface area contributed by atoms with E-state index < -0.39 is 0 Å². The fourth-order valence-electron chi connectivity index (χ4n) is 3.99. The number of ether oxygens (including phenoxy) is 2. The molecule has 0 fully saturated rings. The van der Waals surface area contributed by atoms with Crippen molar-refractivity contribution in [1.82, 2.24) is 14.3 Å². The van der Waals surface area contributed by atoms with Crippen LogP contribution in [0.5, 0.6) is 11.5 Å². The van der Waals surface area contributed by atoms with E-state index in [1.165, 1.54) is 0 Å². The molecule has 2 amide bonds. The summed E-state index contributed by atoms with van der Waals surface area (Å²) in [5, 5.41) is 0. The number of anilines is 1. The Kier molecular flexibility index (Phi) is 7.24. The molecule has 2 aromatic heterocycles. The third kappa shape index (κ3) is 4.88. The van der Waals surface area contributed by atoms with Crippen LogP contribution in [0.15, 0.2) is 66.9 Å². The summed E-state index contributed by atoms with van der Waals surface area (Å²) in [6, 6.07) is 18.2. The number of carbonyl (C=O) groups excluding carboxylic acids is 2. The fourth-order valence-corrected chi connectivity index (χ4v) is 3.99. The number of hydrogen-bond donors (Lipinski definition) is 0. The standard InChI is InChI=1S/C28H30N4O4/c1-6-23-26(31(4)28(34)21-9-7-10-22(17-21)35-5)32-16-8-11-24(25(32)29-23)36-18-19-12-14-20(15-13-19)27(33)30(2)3/h7-17H,6,18H2,1-5H3. The number of nitrogens with zero attached hydrogens (tertiary/aromatic N) is 4. The largest absolute Gasteiger partial charge is 0.497 e. The number of rotatable bonds is 8. The topological polar surface area (TPSA) is 76.4 Å². The molecule has 0 saturated carbocycles. The average molecular weight is 487 g/mol. The molecule has 0 aliphatic carbocycles. The molecule has 8 heteroatoms. The Balaban J connectivity index is 1.60. The lowest BCUT2D eigenvalue weighted by Crippen LogP contribution is -2.28. The Labute approximate surface area is 210 Å². The first-order valence-corrected chi connectivity index (χ1v) is 11.7. The first-order valence-electron chi connectivity index (χ1n) is 11.7. The summed E-state index contributed by atoms with van der Waals surface area (Å²) >= 11 is 0. The molecule has 4 aromatic rings. The van der Waals surface area contributed by atoms with Gasteiger partial charge in [0, 0.05) is 38.5 Å². The maximum absolute atomic E-state index is 13.3. The van der Waals surface area contributed by atoms with Gasteiger partial charge in [-0.05, 0) is 54.4 Å². The number of amides is 2. The number of methoxy groups -OCH3 is 1. The van der Waals surface area contributed by atoms with E-state index in [9.17, 15) is 9.59 Å². The van der Waals surface area contributed by atoms with Crippen molar-refractivity contribution < 1.29 is 19.1 Å². The van der Waals surface area contributed by atoms with Gasteiger partial charge in [-0.25, -0.2) is 4.98 Å². The molecule has 186 valence electrons. The SMILES string of the molecule is CCc1nc2c(OCc3ccc(C(=O)N(C)C)cc3)cccn2c1N(C)C(=O)c1cccc(OC)c1. The fraction of sp³-hybridized carbons (Fsp3) is 0.250. The van der Waals surface area contributed by atoms with Gasteiger partial charge < -0.3 is 14.4 Å². The third-order valence-corrected chi connectivity index (χ3v) is 5.93. The molecule has 4 rings (SSSR count). The van der Waals surface area contributed by atoms with Crippen LogP contribution in [0.25, 0.3) is 5.65 Å². The average Bonchev–Trinajstić information content (AvgIpc) is 3.30. The van der Waals surface area contributed by atoms with Gasteiger partial charge in [0.1, 0.15) is 18.2 Å². The van der Waals surface area contributed by atoms with E-state index in [-0.39, 0.29) is 11.8 Å².